The molecule has 1 N–H and O–H groups in total. The number of hydrogen-bond donors (Lipinski definition) is 1. The fourth-order valence-electron chi connectivity index (χ4n) is 2.41. The molecule has 6 nitrogen and oxygen atoms in total. The molecular weight excluding hydrogens is 320 g/mol. The summed E-state index contributed by atoms with van der Waals surface area (Å²) < 4.78 is 11.1. The molecule has 25 heavy (non-hydrogen) atoms. The minimum absolute atomic E-state index is 0.466. The molecule has 0 aliphatic carbocycles. The van der Waals surface area contributed by atoms with Crippen molar-refractivity contribution >= 4 is 5.97 Å². The van der Waals surface area contributed by atoms with Crippen molar-refractivity contribution in [1.29, 1.82) is 0 Å². The summed E-state index contributed by atoms with van der Waals surface area (Å²) in [4.78, 5) is 19.6. The summed E-state index contributed by atoms with van der Waals surface area (Å²) in [5.74, 6) is 0.536. The number of aliphatic carboxylic acids is 1. The van der Waals surface area contributed by atoms with Gasteiger partial charge in [0.15, 0.2) is 5.60 Å². The van der Waals surface area contributed by atoms with Crippen LogP contribution in [0.5, 0.6) is 0 Å². The van der Waals surface area contributed by atoms with E-state index in [1.165, 1.54) is 0 Å². The van der Waals surface area contributed by atoms with Crippen LogP contribution < -0.4 is 0 Å². The maximum atomic E-state index is 10.9. The van der Waals surface area contributed by atoms with Crippen molar-refractivity contribution in [2.24, 2.45) is 0 Å². The zero-order valence-corrected chi connectivity index (χ0v) is 15.1. The normalized spacial score (nSPS) is 11.6. The summed E-state index contributed by atoms with van der Waals surface area (Å²) in [5, 5.41) is 8.97. The van der Waals surface area contributed by atoms with Crippen molar-refractivity contribution in [2.75, 3.05) is 6.61 Å². The molecular formula is C19H26N2O4. The molecule has 0 amide bonds. The second kappa shape index (κ2) is 8.76. The Balaban J connectivity index is 1.69. The average Bonchev–Trinajstić information content (AvgIpc) is 2.95. The number of nitrogens with zero attached hydrogens (tertiary/aromatic N) is 2. The molecule has 0 aliphatic rings. The smallest absolute Gasteiger partial charge is 0.335 e. The molecule has 0 saturated heterocycles. The second-order valence-electron chi connectivity index (χ2n) is 6.59. The van der Waals surface area contributed by atoms with E-state index in [0.717, 1.165) is 49.1 Å². The van der Waals surface area contributed by atoms with Crippen LogP contribution in [0.3, 0.4) is 0 Å². The first-order valence-electron chi connectivity index (χ1n) is 8.64. The van der Waals surface area contributed by atoms with E-state index >= 15 is 0 Å². The van der Waals surface area contributed by atoms with Gasteiger partial charge >= 0.3 is 5.97 Å². The Morgan fingerprint density at radius 3 is 2.72 bits per heavy atom. The van der Waals surface area contributed by atoms with Gasteiger partial charge in [-0.3, -0.25) is 4.98 Å². The Morgan fingerprint density at radius 1 is 1.28 bits per heavy atom. The zero-order chi connectivity index (χ0) is 18.3. The highest BCUT2D eigenvalue weighted by molar-refractivity contribution is 5.76. The lowest BCUT2D eigenvalue weighted by Gasteiger charge is -2.19. The molecule has 6 heteroatoms. The van der Waals surface area contributed by atoms with Crippen LogP contribution in [0.1, 0.15) is 51.0 Å². The predicted molar refractivity (Wildman–Crippen MR) is 94.3 cm³/mol. The summed E-state index contributed by atoms with van der Waals surface area (Å²) in [6, 6.07) is 3.79. The highest BCUT2D eigenvalue weighted by Gasteiger charge is 2.27. The Bertz CT molecular complexity index is 680. The molecule has 2 aromatic heterocycles. The van der Waals surface area contributed by atoms with Gasteiger partial charge in [0.1, 0.15) is 5.76 Å². The number of unbranched alkanes of at least 4 members (excludes halogenated alkanes) is 3. The number of oxazole rings is 1. The first-order valence-corrected chi connectivity index (χ1v) is 8.64. The third-order valence-electron chi connectivity index (χ3n) is 4.09. The summed E-state index contributed by atoms with van der Waals surface area (Å²) >= 11 is 0. The molecule has 136 valence electrons. The molecule has 0 unspecified atom stereocenters. The molecule has 0 fully saturated rings. The SMILES string of the molecule is Cc1oc(-c2cccnc2)nc1CCCCCCOC(C)(C)C(=O)O. The first-order chi connectivity index (χ1) is 11.9. The molecule has 2 heterocycles. The van der Waals surface area contributed by atoms with E-state index in [1.54, 1.807) is 26.2 Å². The largest absolute Gasteiger partial charge is 0.479 e. The third kappa shape index (κ3) is 5.67. The molecule has 2 aromatic rings. The number of rotatable bonds is 10. The van der Waals surface area contributed by atoms with E-state index in [9.17, 15) is 4.79 Å². The van der Waals surface area contributed by atoms with Crippen LogP contribution >= 0.6 is 0 Å². The van der Waals surface area contributed by atoms with Gasteiger partial charge in [0.2, 0.25) is 5.89 Å². The molecule has 0 spiro atoms. The van der Waals surface area contributed by atoms with Crippen molar-refractivity contribution in [3.05, 3.63) is 36.0 Å². The van der Waals surface area contributed by atoms with E-state index in [-0.39, 0.29) is 0 Å². The lowest BCUT2D eigenvalue weighted by molar-refractivity contribution is -0.161. The Morgan fingerprint density at radius 2 is 2.04 bits per heavy atom. The first kappa shape index (κ1) is 19.1. The van der Waals surface area contributed by atoms with Gasteiger partial charge in [0, 0.05) is 19.0 Å². The lowest BCUT2D eigenvalue weighted by Crippen LogP contribution is -2.35. The number of pyridine rings is 1. The predicted octanol–water partition coefficient (Wildman–Crippen LogP) is 4.03. The van der Waals surface area contributed by atoms with E-state index in [2.05, 4.69) is 9.97 Å². The van der Waals surface area contributed by atoms with Crippen LogP contribution in [0.15, 0.2) is 28.9 Å². The molecule has 0 aromatic carbocycles. The standard InChI is InChI=1S/C19H26N2O4/c1-14-16(21-17(25-14)15-9-8-11-20-13-15)10-6-4-5-7-12-24-19(2,3)18(22)23/h8-9,11,13H,4-7,10,12H2,1-3H3,(H,22,23). The van der Waals surface area contributed by atoms with E-state index in [4.69, 9.17) is 14.3 Å². The number of ether oxygens (including phenoxy) is 1. The minimum Gasteiger partial charge on any atom is -0.479 e. The topological polar surface area (TPSA) is 85.5 Å². The fraction of sp³-hybridized carbons (Fsp3) is 0.526. The van der Waals surface area contributed by atoms with Gasteiger partial charge in [-0.1, -0.05) is 12.8 Å². The number of aryl methyl sites for hydroxylation is 2. The Hall–Kier alpha value is -2.21. The van der Waals surface area contributed by atoms with Crippen molar-refractivity contribution in [3.8, 4) is 11.5 Å². The van der Waals surface area contributed by atoms with Crippen LogP contribution in [-0.2, 0) is 16.0 Å². The number of carbonyl (C=O) groups is 1. The highest BCUT2D eigenvalue weighted by Crippen LogP contribution is 2.22. The average molecular weight is 346 g/mol. The maximum absolute atomic E-state index is 10.9. The van der Waals surface area contributed by atoms with Gasteiger partial charge in [0.25, 0.3) is 0 Å². The van der Waals surface area contributed by atoms with Crippen molar-refractivity contribution in [2.45, 2.75) is 58.5 Å². The van der Waals surface area contributed by atoms with Crippen LogP contribution in [0.25, 0.3) is 11.5 Å². The monoisotopic (exact) mass is 346 g/mol. The molecule has 0 bridgehead atoms. The minimum atomic E-state index is -1.11. The van der Waals surface area contributed by atoms with Gasteiger partial charge in [-0.05, 0) is 52.2 Å². The summed E-state index contributed by atoms with van der Waals surface area (Å²) in [6.45, 7) is 5.54. The molecule has 0 aliphatic heterocycles. The fourth-order valence-corrected chi connectivity index (χ4v) is 2.41. The number of carboxylic acids is 1. The van der Waals surface area contributed by atoms with Crippen molar-refractivity contribution in [1.82, 2.24) is 9.97 Å². The van der Waals surface area contributed by atoms with Gasteiger partial charge < -0.3 is 14.3 Å². The summed E-state index contributed by atoms with van der Waals surface area (Å²) in [6.07, 6.45) is 8.26. The van der Waals surface area contributed by atoms with Gasteiger partial charge in [-0.2, -0.15) is 0 Å². The molecule has 0 radical (unpaired) electrons. The van der Waals surface area contributed by atoms with E-state index in [1.807, 2.05) is 19.1 Å². The molecule has 0 atom stereocenters. The van der Waals surface area contributed by atoms with Crippen molar-refractivity contribution < 1.29 is 19.1 Å². The van der Waals surface area contributed by atoms with Crippen molar-refractivity contribution in [3.63, 3.8) is 0 Å². The lowest BCUT2D eigenvalue weighted by atomic mass is 10.1. The quantitative estimate of drug-likeness (QED) is 0.654. The van der Waals surface area contributed by atoms with Crippen LogP contribution in [-0.4, -0.2) is 33.3 Å². The summed E-state index contributed by atoms with van der Waals surface area (Å²) in [5.41, 5.74) is 0.762. The van der Waals surface area contributed by atoms with E-state index < -0.39 is 11.6 Å². The second-order valence-corrected chi connectivity index (χ2v) is 6.59. The van der Waals surface area contributed by atoms with E-state index in [0.29, 0.717) is 12.5 Å². The van der Waals surface area contributed by atoms with Crippen LogP contribution in [0.4, 0.5) is 0 Å². The molecule has 2 rings (SSSR count). The Labute approximate surface area is 148 Å². The number of carboxylic acid groups (broad SMARTS) is 1. The van der Waals surface area contributed by atoms with Crippen LogP contribution in [0.2, 0.25) is 0 Å². The third-order valence-corrected chi connectivity index (χ3v) is 4.09. The Kier molecular flexibility index (Phi) is 6.70. The van der Waals surface area contributed by atoms with Gasteiger partial charge in [0.05, 0.1) is 11.3 Å². The summed E-state index contributed by atoms with van der Waals surface area (Å²) in [7, 11) is 0. The number of hydrogen-bond acceptors (Lipinski definition) is 5. The van der Waals surface area contributed by atoms with Gasteiger partial charge in [-0.15, -0.1) is 0 Å². The van der Waals surface area contributed by atoms with Gasteiger partial charge in [-0.25, -0.2) is 9.78 Å². The van der Waals surface area contributed by atoms with Crippen LogP contribution in [0, 0.1) is 6.92 Å². The highest BCUT2D eigenvalue weighted by atomic mass is 16.5. The zero-order valence-electron chi connectivity index (χ0n) is 15.1. The maximum Gasteiger partial charge on any atom is 0.335 e. The molecule has 0 saturated carbocycles. The number of aromatic nitrogens is 2.